The van der Waals surface area contributed by atoms with Crippen molar-refractivity contribution in [2.45, 2.75) is 44.5 Å². The molecule has 0 bridgehead atoms. The summed E-state index contributed by atoms with van der Waals surface area (Å²) >= 11 is 0. The van der Waals surface area contributed by atoms with Crippen LogP contribution in [0.4, 0.5) is 0 Å². The monoisotopic (exact) mass is 297 g/mol. The summed E-state index contributed by atoms with van der Waals surface area (Å²) in [5.74, 6) is 0.925. The molecule has 3 heterocycles. The number of hydrogen-bond donors (Lipinski definition) is 1. The molecule has 3 fully saturated rings. The molecule has 0 radical (unpaired) electrons. The lowest BCUT2D eigenvalue weighted by Crippen LogP contribution is -2.44. The lowest BCUT2D eigenvalue weighted by molar-refractivity contribution is -0.210. The molecule has 0 amide bonds. The smallest absolute Gasteiger partial charge is 0.191 e. The van der Waals surface area contributed by atoms with Gasteiger partial charge in [-0.25, -0.2) is 0 Å². The van der Waals surface area contributed by atoms with Gasteiger partial charge in [0, 0.05) is 25.9 Å². The van der Waals surface area contributed by atoms with Crippen LogP contribution in [-0.4, -0.2) is 62.2 Å². The van der Waals surface area contributed by atoms with E-state index < -0.39 is 5.79 Å². The summed E-state index contributed by atoms with van der Waals surface area (Å²) in [4.78, 5) is 6.72. The minimum atomic E-state index is -0.424. The molecule has 6 heteroatoms. The zero-order valence-electron chi connectivity index (χ0n) is 12.9. The van der Waals surface area contributed by atoms with Gasteiger partial charge in [-0.15, -0.1) is 0 Å². The topological polar surface area (TPSA) is 69.3 Å². The molecule has 0 aromatic heterocycles. The maximum absolute atomic E-state index is 6.12. The first-order chi connectivity index (χ1) is 10.2. The van der Waals surface area contributed by atoms with Crippen LogP contribution in [0.25, 0.3) is 0 Å². The molecule has 0 aromatic carbocycles. The Morgan fingerprint density at radius 2 is 2.19 bits per heavy atom. The quantitative estimate of drug-likeness (QED) is 0.607. The zero-order chi connectivity index (χ0) is 14.7. The number of nitrogens with two attached hydrogens (primary N) is 1. The van der Waals surface area contributed by atoms with E-state index in [1.54, 1.807) is 0 Å². The van der Waals surface area contributed by atoms with Gasteiger partial charge in [0.1, 0.15) is 6.10 Å². The highest BCUT2D eigenvalue weighted by molar-refractivity contribution is 5.78. The Morgan fingerprint density at radius 1 is 1.38 bits per heavy atom. The molecule has 0 saturated carbocycles. The standard InChI is InChI=1S/C15H27N3O3/c1-12-3-2-6-18(10-12)14(16)17-9-13-11-20-15(21-13)4-7-19-8-5-15/h12-13H,2-11H2,1H3,(H2,16,17). The second-order valence-corrected chi connectivity index (χ2v) is 6.47. The number of piperidine rings is 1. The lowest BCUT2D eigenvalue weighted by Gasteiger charge is -2.32. The van der Waals surface area contributed by atoms with Crippen LogP contribution in [0.3, 0.4) is 0 Å². The van der Waals surface area contributed by atoms with Crippen molar-refractivity contribution in [3.63, 3.8) is 0 Å². The van der Waals surface area contributed by atoms with Gasteiger partial charge in [0.25, 0.3) is 0 Å². The van der Waals surface area contributed by atoms with Crippen molar-refractivity contribution < 1.29 is 14.2 Å². The Balaban J connectivity index is 1.49. The Kier molecular flexibility index (Phi) is 4.66. The van der Waals surface area contributed by atoms with Crippen LogP contribution in [0.15, 0.2) is 4.99 Å². The van der Waals surface area contributed by atoms with Crippen LogP contribution in [-0.2, 0) is 14.2 Å². The normalized spacial score (nSPS) is 33.6. The van der Waals surface area contributed by atoms with Crippen molar-refractivity contribution in [2.24, 2.45) is 16.6 Å². The van der Waals surface area contributed by atoms with Crippen LogP contribution in [0.1, 0.15) is 32.6 Å². The predicted molar refractivity (Wildman–Crippen MR) is 80.1 cm³/mol. The predicted octanol–water partition coefficient (Wildman–Crippen LogP) is 0.955. The van der Waals surface area contributed by atoms with Crippen molar-refractivity contribution in [1.29, 1.82) is 0 Å². The number of nitrogens with zero attached hydrogens (tertiary/aromatic N) is 2. The van der Waals surface area contributed by atoms with Gasteiger partial charge in [-0.1, -0.05) is 6.92 Å². The SMILES string of the molecule is CC1CCCN(C(N)=NCC2COC3(CCOCC3)O2)C1. The third-order valence-electron chi connectivity index (χ3n) is 4.61. The van der Waals surface area contributed by atoms with E-state index in [2.05, 4.69) is 16.8 Å². The minimum Gasteiger partial charge on any atom is -0.381 e. The molecule has 0 aromatic rings. The third-order valence-corrected chi connectivity index (χ3v) is 4.61. The van der Waals surface area contributed by atoms with Crippen molar-refractivity contribution in [3.05, 3.63) is 0 Å². The van der Waals surface area contributed by atoms with E-state index in [1.807, 2.05) is 0 Å². The lowest BCUT2D eigenvalue weighted by atomic mass is 10.0. The average molecular weight is 297 g/mol. The molecule has 2 unspecified atom stereocenters. The fourth-order valence-corrected chi connectivity index (χ4v) is 3.34. The van der Waals surface area contributed by atoms with Crippen LogP contribution in [0.5, 0.6) is 0 Å². The summed E-state index contributed by atoms with van der Waals surface area (Å²) in [5.41, 5.74) is 6.12. The Labute approximate surface area is 126 Å². The minimum absolute atomic E-state index is 0.0175. The van der Waals surface area contributed by atoms with Crippen LogP contribution in [0, 0.1) is 5.92 Å². The molecule has 1 spiro atoms. The maximum atomic E-state index is 6.12. The number of rotatable bonds is 2. The first-order valence-corrected chi connectivity index (χ1v) is 8.11. The van der Waals surface area contributed by atoms with Gasteiger partial charge < -0.3 is 24.8 Å². The molecule has 0 aliphatic carbocycles. The summed E-state index contributed by atoms with van der Waals surface area (Å²) in [6, 6.07) is 0. The summed E-state index contributed by atoms with van der Waals surface area (Å²) in [6.45, 7) is 6.91. The summed E-state index contributed by atoms with van der Waals surface area (Å²) in [6.07, 6.45) is 4.12. The Morgan fingerprint density at radius 3 is 2.95 bits per heavy atom. The highest BCUT2D eigenvalue weighted by atomic mass is 16.7. The molecule has 120 valence electrons. The van der Waals surface area contributed by atoms with Crippen LogP contribution in [0.2, 0.25) is 0 Å². The molecule has 3 saturated heterocycles. The molecular formula is C15H27N3O3. The van der Waals surface area contributed by atoms with Crippen LogP contribution >= 0.6 is 0 Å². The van der Waals surface area contributed by atoms with Crippen LogP contribution < -0.4 is 5.73 Å². The molecular weight excluding hydrogens is 270 g/mol. The van der Waals surface area contributed by atoms with Crippen molar-refractivity contribution in [1.82, 2.24) is 4.90 Å². The fraction of sp³-hybridized carbons (Fsp3) is 0.933. The average Bonchev–Trinajstić information content (AvgIpc) is 2.88. The number of likely N-dealkylation sites (tertiary alicyclic amines) is 1. The van der Waals surface area contributed by atoms with Gasteiger partial charge in [0.2, 0.25) is 0 Å². The number of guanidine groups is 1. The van der Waals surface area contributed by atoms with Gasteiger partial charge in [0.05, 0.1) is 26.4 Å². The first kappa shape index (κ1) is 15.1. The van der Waals surface area contributed by atoms with E-state index in [9.17, 15) is 0 Å². The van der Waals surface area contributed by atoms with Crippen molar-refractivity contribution >= 4 is 5.96 Å². The highest BCUT2D eigenvalue weighted by Crippen LogP contribution is 2.33. The second kappa shape index (κ2) is 6.50. The maximum Gasteiger partial charge on any atom is 0.191 e. The second-order valence-electron chi connectivity index (χ2n) is 6.47. The number of aliphatic imine (C=N–C) groups is 1. The third kappa shape index (κ3) is 3.67. The number of ether oxygens (including phenoxy) is 3. The zero-order valence-corrected chi connectivity index (χ0v) is 12.9. The molecule has 3 aliphatic heterocycles. The van der Waals surface area contributed by atoms with Gasteiger partial charge in [0.15, 0.2) is 11.7 Å². The van der Waals surface area contributed by atoms with E-state index >= 15 is 0 Å². The van der Waals surface area contributed by atoms with E-state index in [0.717, 1.165) is 25.9 Å². The molecule has 2 atom stereocenters. The summed E-state index contributed by atoms with van der Waals surface area (Å²) < 4.78 is 17.3. The Bertz CT molecular complexity index is 382. The van der Waals surface area contributed by atoms with Gasteiger partial charge in [-0.3, -0.25) is 4.99 Å². The van der Waals surface area contributed by atoms with Gasteiger partial charge in [-0.05, 0) is 18.8 Å². The van der Waals surface area contributed by atoms with Crippen molar-refractivity contribution in [3.8, 4) is 0 Å². The molecule has 6 nitrogen and oxygen atoms in total. The molecule has 2 N–H and O–H groups in total. The summed E-state index contributed by atoms with van der Waals surface area (Å²) in [5, 5.41) is 0. The van der Waals surface area contributed by atoms with Crippen molar-refractivity contribution in [2.75, 3.05) is 39.5 Å². The Hall–Kier alpha value is -0.850. The van der Waals surface area contributed by atoms with Gasteiger partial charge in [-0.2, -0.15) is 0 Å². The molecule has 3 aliphatic rings. The first-order valence-electron chi connectivity index (χ1n) is 8.11. The highest BCUT2D eigenvalue weighted by Gasteiger charge is 2.42. The summed E-state index contributed by atoms with van der Waals surface area (Å²) in [7, 11) is 0. The van der Waals surface area contributed by atoms with E-state index in [4.69, 9.17) is 19.9 Å². The largest absolute Gasteiger partial charge is 0.381 e. The molecule has 3 rings (SSSR count). The van der Waals surface area contributed by atoms with Gasteiger partial charge >= 0.3 is 0 Å². The number of hydrogen-bond acceptors (Lipinski definition) is 4. The fourth-order valence-electron chi connectivity index (χ4n) is 3.34. The van der Waals surface area contributed by atoms with E-state index in [0.29, 0.717) is 38.2 Å². The van der Waals surface area contributed by atoms with E-state index in [1.165, 1.54) is 12.8 Å². The molecule has 21 heavy (non-hydrogen) atoms. The van der Waals surface area contributed by atoms with E-state index in [-0.39, 0.29) is 6.10 Å².